The molecule has 0 bridgehead atoms. The van der Waals surface area contributed by atoms with Crippen molar-refractivity contribution in [3.8, 4) is 0 Å². The second kappa shape index (κ2) is 6.08. The molecule has 1 fully saturated rings. The lowest BCUT2D eigenvalue weighted by Crippen LogP contribution is -2.34. The number of amides is 1. The maximum atomic E-state index is 12.6. The van der Waals surface area contributed by atoms with Crippen LogP contribution in [0.25, 0.3) is 0 Å². The molecular formula is C16H22BrNO. The molecule has 3 heteroatoms. The van der Waals surface area contributed by atoms with Crippen LogP contribution in [0.3, 0.4) is 0 Å². The molecule has 0 aromatic heterocycles. The van der Waals surface area contributed by atoms with Gasteiger partial charge < -0.3 is 4.90 Å². The van der Waals surface area contributed by atoms with Crippen LogP contribution in [-0.2, 0) is 0 Å². The summed E-state index contributed by atoms with van der Waals surface area (Å²) in [5.74, 6) is 0.833. The molecule has 1 aromatic carbocycles. The third-order valence-electron chi connectivity index (χ3n) is 3.60. The van der Waals surface area contributed by atoms with Crippen molar-refractivity contribution in [2.24, 2.45) is 5.92 Å². The van der Waals surface area contributed by atoms with E-state index in [9.17, 15) is 4.79 Å². The van der Waals surface area contributed by atoms with Gasteiger partial charge in [-0.1, -0.05) is 29.8 Å². The van der Waals surface area contributed by atoms with Crippen LogP contribution in [-0.4, -0.2) is 23.4 Å². The maximum absolute atomic E-state index is 12.6. The first-order chi connectivity index (χ1) is 8.99. The van der Waals surface area contributed by atoms with Crippen molar-refractivity contribution < 1.29 is 4.79 Å². The summed E-state index contributed by atoms with van der Waals surface area (Å²) < 4.78 is 1.06. The summed E-state index contributed by atoms with van der Waals surface area (Å²) in [6.07, 6.45) is 3.41. The van der Waals surface area contributed by atoms with E-state index >= 15 is 0 Å². The minimum Gasteiger partial charge on any atom is -0.336 e. The molecule has 0 spiro atoms. The second-order valence-corrected chi connectivity index (χ2v) is 6.73. The second-order valence-electron chi connectivity index (χ2n) is 5.88. The van der Waals surface area contributed by atoms with Gasteiger partial charge >= 0.3 is 0 Å². The monoisotopic (exact) mass is 323 g/mol. The number of nitrogens with zero attached hydrogens (tertiary/aromatic N) is 1. The summed E-state index contributed by atoms with van der Waals surface area (Å²) in [6, 6.07) is 6.35. The normalized spacial score (nSPS) is 14.8. The SMILES string of the molecule is Cc1cc(C(=O)N(CCC(C)C)C2CC2)ccc1Br. The Labute approximate surface area is 124 Å². The van der Waals surface area contributed by atoms with E-state index in [0.717, 1.165) is 28.6 Å². The molecule has 1 aliphatic carbocycles. The molecule has 1 aromatic rings. The van der Waals surface area contributed by atoms with Gasteiger partial charge in [0, 0.05) is 22.6 Å². The van der Waals surface area contributed by atoms with Gasteiger partial charge in [-0.2, -0.15) is 0 Å². The van der Waals surface area contributed by atoms with Crippen molar-refractivity contribution in [2.45, 2.75) is 46.1 Å². The molecular weight excluding hydrogens is 302 g/mol. The molecule has 1 aliphatic rings. The number of carbonyl (C=O) groups excluding carboxylic acids is 1. The molecule has 0 unspecified atom stereocenters. The summed E-state index contributed by atoms with van der Waals surface area (Å²) in [5, 5.41) is 0. The Kier molecular flexibility index (Phi) is 4.67. The number of aryl methyl sites for hydroxylation is 1. The first-order valence-electron chi connectivity index (χ1n) is 7.06. The highest BCUT2D eigenvalue weighted by Crippen LogP contribution is 2.29. The Bertz CT molecular complexity index is 466. The van der Waals surface area contributed by atoms with E-state index in [0.29, 0.717) is 12.0 Å². The lowest BCUT2D eigenvalue weighted by atomic mass is 10.1. The van der Waals surface area contributed by atoms with Crippen LogP contribution in [0.2, 0.25) is 0 Å². The van der Waals surface area contributed by atoms with E-state index in [1.54, 1.807) is 0 Å². The Morgan fingerprint density at radius 1 is 1.42 bits per heavy atom. The molecule has 1 saturated carbocycles. The van der Waals surface area contributed by atoms with E-state index in [1.165, 1.54) is 12.8 Å². The molecule has 1 amide bonds. The molecule has 104 valence electrons. The lowest BCUT2D eigenvalue weighted by molar-refractivity contribution is 0.0735. The van der Waals surface area contributed by atoms with Crippen molar-refractivity contribution in [1.29, 1.82) is 0 Å². The zero-order valence-corrected chi connectivity index (χ0v) is 13.5. The van der Waals surface area contributed by atoms with E-state index in [1.807, 2.05) is 25.1 Å². The van der Waals surface area contributed by atoms with Crippen LogP contribution in [0.4, 0.5) is 0 Å². The van der Waals surface area contributed by atoms with Gasteiger partial charge in [0.25, 0.3) is 5.91 Å². The molecule has 0 heterocycles. The molecule has 0 saturated heterocycles. The van der Waals surface area contributed by atoms with Gasteiger partial charge in [-0.3, -0.25) is 4.79 Å². The number of carbonyl (C=O) groups is 1. The molecule has 2 rings (SSSR count). The quantitative estimate of drug-likeness (QED) is 0.786. The van der Waals surface area contributed by atoms with Gasteiger partial charge in [0.15, 0.2) is 0 Å². The van der Waals surface area contributed by atoms with Crippen molar-refractivity contribution >= 4 is 21.8 Å². The zero-order valence-electron chi connectivity index (χ0n) is 11.9. The minimum absolute atomic E-state index is 0.193. The fourth-order valence-electron chi connectivity index (χ4n) is 2.18. The predicted molar refractivity (Wildman–Crippen MR) is 82.4 cm³/mol. The topological polar surface area (TPSA) is 20.3 Å². The molecule has 19 heavy (non-hydrogen) atoms. The summed E-state index contributed by atoms with van der Waals surface area (Å²) in [4.78, 5) is 14.7. The first-order valence-corrected chi connectivity index (χ1v) is 7.85. The van der Waals surface area contributed by atoms with Gasteiger partial charge in [0.2, 0.25) is 0 Å². The highest BCUT2D eigenvalue weighted by Gasteiger charge is 2.32. The summed E-state index contributed by atoms with van der Waals surface area (Å²) in [6.45, 7) is 7.32. The number of benzene rings is 1. The molecule has 0 atom stereocenters. The van der Waals surface area contributed by atoms with Crippen molar-refractivity contribution in [2.75, 3.05) is 6.54 Å². The van der Waals surface area contributed by atoms with Gasteiger partial charge in [-0.15, -0.1) is 0 Å². The number of halogens is 1. The van der Waals surface area contributed by atoms with E-state index in [2.05, 4.69) is 34.7 Å². The average Bonchev–Trinajstić information content (AvgIpc) is 3.16. The Balaban J connectivity index is 2.12. The van der Waals surface area contributed by atoms with Crippen molar-refractivity contribution in [3.63, 3.8) is 0 Å². The minimum atomic E-state index is 0.193. The van der Waals surface area contributed by atoms with Crippen LogP contribution in [0.5, 0.6) is 0 Å². The predicted octanol–water partition coefficient (Wildman–Crippen LogP) is 4.41. The summed E-state index contributed by atoms with van der Waals surface area (Å²) in [5.41, 5.74) is 1.93. The molecule has 2 nitrogen and oxygen atoms in total. The van der Waals surface area contributed by atoms with Gasteiger partial charge in [0.1, 0.15) is 0 Å². The van der Waals surface area contributed by atoms with Gasteiger partial charge in [0.05, 0.1) is 0 Å². The van der Waals surface area contributed by atoms with Crippen LogP contribution in [0.15, 0.2) is 22.7 Å². The zero-order chi connectivity index (χ0) is 14.0. The number of hydrogen-bond acceptors (Lipinski definition) is 1. The third kappa shape index (κ3) is 3.82. The average molecular weight is 324 g/mol. The van der Waals surface area contributed by atoms with Crippen LogP contribution in [0, 0.1) is 12.8 Å². The molecule has 0 radical (unpaired) electrons. The maximum Gasteiger partial charge on any atom is 0.254 e. The van der Waals surface area contributed by atoms with Crippen molar-refractivity contribution in [1.82, 2.24) is 4.90 Å². The smallest absolute Gasteiger partial charge is 0.254 e. The van der Waals surface area contributed by atoms with Gasteiger partial charge in [-0.25, -0.2) is 0 Å². The standard InChI is InChI=1S/C16H22BrNO/c1-11(2)8-9-18(14-5-6-14)16(19)13-4-7-15(17)12(3)10-13/h4,7,10-11,14H,5-6,8-9H2,1-3H3. The van der Waals surface area contributed by atoms with E-state index in [4.69, 9.17) is 0 Å². The summed E-state index contributed by atoms with van der Waals surface area (Å²) >= 11 is 3.48. The Morgan fingerprint density at radius 2 is 2.11 bits per heavy atom. The van der Waals surface area contributed by atoms with Crippen LogP contribution in [0.1, 0.15) is 49.0 Å². The van der Waals surface area contributed by atoms with Crippen LogP contribution >= 0.6 is 15.9 Å². The van der Waals surface area contributed by atoms with Gasteiger partial charge in [-0.05, 0) is 55.9 Å². The molecule has 0 N–H and O–H groups in total. The number of rotatable bonds is 5. The largest absolute Gasteiger partial charge is 0.336 e. The third-order valence-corrected chi connectivity index (χ3v) is 4.49. The Hall–Kier alpha value is -0.830. The fourth-order valence-corrected chi connectivity index (χ4v) is 2.42. The molecule has 0 aliphatic heterocycles. The van der Waals surface area contributed by atoms with Crippen molar-refractivity contribution in [3.05, 3.63) is 33.8 Å². The fraction of sp³-hybridized carbons (Fsp3) is 0.562. The first kappa shape index (κ1) is 14.6. The lowest BCUT2D eigenvalue weighted by Gasteiger charge is -2.23. The van der Waals surface area contributed by atoms with E-state index in [-0.39, 0.29) is 5.91 Å². The highest BCUT2D eigenvalue weighted by atomic mass is 79.9. The van der Waals surface area contributed by atoms with E-state index < -0.39 is 0 Å². The highest BCUT2D eigenvalue weighted by molar-refractivity contribution is 9.10. The summed E-state index contributed by atoms with van der Waals surface area (Å²) in [7, 11) is 0. The van der Waals surface area contributed by atoms with Crippen LogP contribution < -0.4 is 0 Å². The number of hydrogen-bond donors (Lipinski definition) is 0. The Morgan fingerprint density at radius 3 is 2.63 bits per heavy atom.